The maximum atomic E-state index is 12.6. The molecule has 0 saturated carbocycles. The predicted octanol–water partition coefficient (Wildman–Crippen LogP) is 2.81. The summed E-state index contributed by atoms with van der Waals surface area (Å²) in [6, 6.07) is 12.8. The lowest BCUT2D eigenvalue weighted by Gasteiger charge is -2.05. The second-order valence-electron chi connectivity index (χ2n) is 5.56. The van der Waals surface area contributed by atoms with Crippen LogP contribution >= 0.6 is 0 Å². The van der Waals surface area contributed by atoms with Gasteiger partial charge in [-0.05, 0) is 36.8 Å². The Morgan fingerprint density at radius 2 is 2.04 bits per heavy atom. The van der Waals surface area contributed by atoms with Crippen LogP contribution in [-0.4, -0.2) is 27.7 Å². The molecule has 2 aromatic heterocycles. The van der Waals surface area contributed by atoms with Crippen molar-refractivity contribution in [2.24, 2.45) is 0 Å². The number of nitrogens with zero attached hydrogens (tertiary/aromatic N) is 2. The van der Waals surface area contributed by atoms with E-state index in [4.69, 9.17) is 0 Å². The molecule has 126 valence electrons. The zero-order valence-corrected chi connectivity index (χ0v) is 13.8. The lowest BCUT2D eigenvalue weighted by atomic mass is 10.2. The minimum absolute atomic E-state index is 0.154. The monoisotopic (exact) mass is 334 g/mol. The van der Waals surface area contributed by atoms with E-state index in [0.717, 1.165) is 5.56 Å². The van der Waals surface area contributed by atoms with Crippen LogP contribution in [0.2, 0.25) is 0 Å². The molecule has 0 saturated heterocycles. The molecule has 0 aliphatic heterocycles. The third kappa shape index (κ3) is 3.42. The summed E-state index contributed by atoms with van der Waals surface area (Å²) in [5.41, 5.74) is 2.49. The summed E-state index contributed by atoms with van der Waals surface area (Å²) in [5, 5.41) is 5.50. The third-order valence-corrected chi connectivity index (χ3v) is 3.65. The van der Waals surface area contributed by atoms with Crippen molar-refractivity contribution in [2.75, 3.05) is 11.9 Å². The van der Waals surface area contributed by atoms with E-state index >= 15 is 0 Å². The summed E-state index contributed by atoms with van der Waals surface area (Å²) in [5.74, 6) is -0.575. The van der Waals surface area contributed by atoms with Gasteiger partial charge in [-0.25, -0.2) is 4.98 Å². The second kappa shape index (κ2) is 7.00. The molecule has 0 aliphatic carbocycles. The molecule has 6 nitrogen and oxygen atoms in total. The minimum Gasteiger partial charge on any atom is -0.347 e. The molecule has 25 heavy (non-hydrogen) atoms. The van der Waals surface area contributed by atoms with Crippen molar-refractivity contribution >= 4 is 23.0 Å². The van der Waals surface area contributed by atoms with Crippen LogP contribution in [0.4, 0.5) is 5.69 Å². The van der Waals surface area contributed by atoms with Gasteiger partial charge in [0.25, 0.3) is 11.8 Å². The number of aryl methyl sites for hydroxylation is 1. The van der Waals surface area contributed by atoms with Crippen molar-refractivity contribution in [1.29, 1.82) is 0 Å². The molecule has 0 atom stereocenters. The van der Waals surface area contributed by atoms with Crippen LogP contribution in [0.25, 0.3) is 5.52 Å². The lowest BCUT2D eigenvalue weighted by Crippen LogP contribution is -2.24. The number of anilines is 1. The highest BCUT2D eigenvalue weighted by Gasteiger charge is 2.21. The Hall–Kier alpha value is -3.41. The van der Waals surface area contributed by atoms with Gasteiger partial charge in [-0.15, -0.1) is 6.58 Å². The normalized spacial score (nSPS) is 10.4. The highest BCUT2D eigenvalue weighted by Crippen LogP contribution is 2.16. The Morgan fingerprint density at radius 3 is 2.80 bits per heavy atom. The van der Waals surface area contributed by atoms with Crippen molar-refractivity contribution in [2.45, 2.75) is 6.92 Å². The van der Waals surface area contributed by atoms with Crippen molar-refractivity contribution in [3.05, 3.63) is 78.4 Å². The average Bonchev–Trinajstić information content (AvgIpc) is 2.99. The van der Waals surface area contributed by atoms with Crippen LogP contribution in [0.15, 0.2) is 61.3 Å². The highest BCUT2D eigenvalue weighted by molar-refractivity contribution is 6.06. The molecule has 0 unspecified atom stereocenters. The standard InChI is InChI=1S/C19H18N4O2/c1-3-10-20-18(24)16-15-9-4-5-11-23(15)17(22-16)19(25)21-14-8-6-7-13(2)12-14/h3-9,11-12H,1,10H2,2H3,(H,20,24)(H,21,25). The van der Waals surface area contributed by atoms with E-state index in [0.29, 0.717) is 17.7 Å². The first-order chi connectivity index (χ1) is 12.1. The van der Waals surface area contributed by atoms with Gasteiger partial charge in [0.15, 0.2) is 5.69 Å². The maximum absolute atomic E-state index is 12.6. The maximum Gasteiger partial charge on any atom is 0.292 e. The van der Waals surface area contributed by atoms with Crippen molar-refractivity contribution in [3.63, 3.8) is 0 Å². The van der Waals surface area contributed by atoms with Crippen LogP contribution in [0.3, 0.4) is 0 Å². The Kier molecular flexibility index (Phi) is 4.61. The van der Waals surface area contributed by atoms with E-state index in [1.807, 2.05) is 25.1 Å². The predicted molar refractivity (Wildman–Crippen MR) is 96.9 cm³/mol. The first-order valence-electron chi connectivity index (χ1n) is 7.84. The number of fused-ring (bicyclic) bond motifs is 1. The second-order valence-corrected chi connectivity index (χ2v) is 5.56. The number of carbonyl (C=O) groups is 2. The number of amides is 2. The lowest BCUT2D eigenvalue weighted by molar-refractivity contribution is 0.0955. The molecule has 2 N–H and O–H groups in total. The molecule has 0 spiro atoms. The van der Waals surface area contributed by atoms with Crippen LogP contribution in [0.5, 0.6) is 0 Å². The van der Waals surface area contributed by atoms with Gasteiger partial charge in [0.1, 0.15) is 0 Å². The number of pyridine rings is 1. The Bertz CT molecular complexity index is 959. The first kappa shape index (κ1) is 16.4. The molecule has 6 heteroatoms. The molecule has 2 heterocycles. The fraction of sp³-hybridized carbons (Fsp3) is 0.105. The molecule has 3 aromatic rings. The molecule has 0 fully saturated rings. The number of hydrogen-bond donors (Lipinski definition) is 2. The summed E-state index contributed by atoms with van der Waals surface area (Å²) in [6.45, 7) is 5.85. The third-order valence-electron chi connectivity index (χ3n) is 3.65. The summed E-state index contributed by atoms with van der Waals surface area (Å²) >= 11 is 0. The minimum atomic E-state index is -0.380. The topological polar surface area (TPSA) is 75.5 Å². The van der Waals surface area contributed by atoms with Crippen LogP contribution < -0.4 is 10.6 Å². The molecule has 3 rings (SSSR count). The van der Waals surface area contributed by atoms with Crippen LogP contribution in [-0.2, 0) is 0 Å². The Labute approximate surface area is 145 Å². The van der Waals surface area contributed by atoms with Gasteiger partial charge in [0.2, 0.25) is 5.82 Å². The van der Waals surface area contributed by atoms with Gasteiger partial charge >= 0.3 is 0 Å². The van der Waals surface area contributed by atoms with E-state index in [1.54, 1.807) is 40.9 Å². The van der Waals surface area contributed by atoms with Gasteiger partial charge < -0.3 is 10.6 Å². The zero-order chi connectivity index (χ0) is 17.8. The Balaban J connectivity index is 1.97. The number of imidazole rings is 1. The van der Waals surface area contributed by atoms with E-state index < -0.39 is 0 Å². The highest BCUT2D eigenvalue weighted by atomic mass is 16.2. The fourth-order valence-corrected chi connectivity index (χ4v) is 2.52. The SMILES string of the molecule is C=CCNC(=O)c1nc(C(=O)Nc2cccc(C)c2)n2ccccc12. The number of nitrogens with one attached hydrogen (secondary N) is 2. The average molecular weight is 334 g/mol. The Morgan fingerprint density at radius 1 is 1.20 bits per heavy atom. The quantitative estimate of drug-likeness (QED) is 0.705. The smallest absolute Gasteiger partial charge is 0.292 e. The molecule has 0 radical (unpaired) electrons. The van der Waals surface area contributed by atoms with Crippen molar-refractivity contribution < 1.29 is 9.59 Å². The van der Waals surface area contributed by atoms with Crippen molar-refractivity contribution in [1.82, 2.24) is 14.7 Å². The summed E-state index contributed by atoms with van der Waals surface area (Å²) < 4.78 is 1.61. The number of carbonyl (C=O) groups excluding carboxylic acids is 2. The molecule has 0 bridgehead atoms. The van der Waals surface area contributed by atoms with Crippen LogP contribution in [0, 0.1) is 6.92 Å². The summed E-state index contributed by atoms with van der Waals surface area (Å²) in [6.07, 6.45) is 3.29. The fourth-order valence-electron chi connectivity index (χ4n) is 2.52. The van der Waals surface area contributed by atoms with Crippen LogP contribution in [0.1, 0.15) is 26.7 Å². The van der Waals surface area contributed by atoms with E-state index in [1.165, 1.54) is 0 Å². The van der Waals surface area contributed by atoms with E-state index in [-0.39, 0.29) is 23.3 Å². The first-order valence-corrected chi connectivity index (χ1v) is 7.84. The summed E-state index contributed by atoms with van der Waals surface area (Å²) in [4.78, 5) is 29.2. The van der Waals surface area contributed by atoms with Gasteiger partial charge in [0, 0.05) is 18.4 Å². The van der Waals surface area contributed by atoms with E-state index in [2.05, 4.69) is 22.2 Å². The number of rotatable bonds is 5. The largest absolute Gasteiger partial charge is 0.347 e. The number of hydrogen-bond acceptors (Lipinski definition) is 3. The number of aromatic nitrogens is 2. The van der Waals surface area contributed by atoms with Gasteiger partial charge in [-0.2, -0.15) is 0 Å². The number of benzene rings is 1. The zero-order valence-electron chi connectivity index (χ0n) is 13.8. The molecule has 0 aliphatic rings. The summed E-state index contributed by atoms with van der Waals surface area (Å²) in [7, 11) is 0. The molecule has 2 amide bonds. The van der Waals surface area contributed by atoms with E-state index in [9.17, 15) is 9.59 Å². The van der Waals surface area contributed by atoms with Gasteiger partial charge in [0.05, 0.1) is 5.52 Å². The van der Waals surface area contributed by atoms with Crippen molar-refractivity contribution in [3.8, 4) is 0 Å². The molecular weight excluding hydrogens is 316 g/mol. The van der Waals surface area contributed by atoms with Gasteiger partial charge in [-0.1, -0.05) is 24.3 Å². The molecule has 1 aromatic carbocycles. The molecular formula is C19H18N4O2. The van der Waals surface area contributed by atoms with Gasteiger partial charge in [-0.3, -0.25) is 14.0 Å².